The van der Waals surface area contributed by atoms with Crippen LogP contribution in [-0.2, 0) is 0 Å². The number of methoxy groups -OCH3 is 1. The molecule has 0 saturated carbocycles. The van der Waals surface area contributed by atoms with E-state index in [1.165, 1.54) is 7.11 Å². The first kappa shape index (κ1) is 10.1. The molecule has 14 heavy (non-hydrogen) atoms. The molecule has 0 aliphatic carbocycles. The Balaban J connectivity index is 3.48. The lowest BCUT2D eigenvalue weighted by Crippen LogP contribution is -2.05. The zero-order valence-corrected chi connectivity index (χ0v) is 7.24. The Labute approximate surface area is 78.5 Å². The highest BCUT2D eigenvalue weighted by molar-refractivity contribution is 5.91. The second kappa shape index (κ2) is 3.41. The molecule has 6 heteroatoms. The molecule has 0 aliphatic rings. The predicted molar refractivity (Wildman–Crippen MR) is 46.0 cm³/mol. The monoisotopic (exact) mass is 201 g/mol. The van der Waals surface area contributed by atoms with Crippen molar-refractivity contribution in [1.82, 2.24) is 0 Å². The Morgan fingerprint density at radius 2 is 2.21 bits per heavy atom. The Kier molecular flexibility index (Phi) is 2.46. The summed E-state index contributed by atoms with van der Waals surface area (Å²) >= 11 is 0. The number of aromatic carboxylic acids is 1. The van der Waals surface area contributed by atoms with E-state index in [4.69, 9.17) is 10.8 Å². The molecule has 1 aromatic rings. The molecular formula is C8H8FNO4. The molecule has 0 bridgehead atoms. The largest absolute Gasteiger partial charge is 0.503 e. The minimum absolute atomic E-state index is 0.179. The molecule has 0 saturated heterocycles. The Morgan fingerprint density at radius 3 is 2.64 bits per heavy atom. The molecular weight excluding hydrogens is 193 g/mol. The van der Waals surface area contributed by atoms with Gasteiger partial charge in [-0.05, 0) is 0 Å². The molecule has 5 nitrogen and oxygen atoms in total. The van der Waals surface area contributed by atoms with E-state index < -0.39 is 28.8 Å². The number of anilines is 1. The molecule has 76 valence electrons. The van der Waals surface area contributed by atoms with Gasteiger partial charge in [0.25, 0.3) is 0 Å². The first-order valence-corrected chi connectivity index (χ1v) is 3.57. The molecule has 0 atom stereocenters. The van der Waals surface area contributed by atoms with Gasteiger partial charge in [0.2, 0.25) is 0 Å². The third-order valence-electron chi connectivity index (χ3n) is 1.69. The van der Waals surface area contributed by atoms with Gasteiger partial charge < -0.3 is 20.7 Å². The third-order valence-corrected chi connectivity index (χ3v) is 1.69. The van der Waals surface area contributed by atoms with Crippen LogP contribution in [0.15, 0.2) is 6.07 Å². The Morgan fingerprint density at radius 1 is 1.64 bits per heavy atom. The van der Waals surface area contributed by atoms with E-state index in [1.807, 2.05) is 0 Å². The minimum Gasteiger partial charge on any atom is -0.503 e. The average Bonchev–Trinajstić information content (AvgIpc) is 2.14. The van der Waals surface area contributed by atoms with Gasteiger partial charge in [-0.2, -0.15) is 0 Å². The number of aromatic hydroxyl groups is 1. The van der Waals surface area contributed by atoms with Crippen LogP contribution >= 0.6 is 0 Å². The topological polar surface area (TPSA) is 92.8 Å². The predicted octanol–water partition coefficient (Wildman–Crippen LogP) is 0.820. The number of nitrogens with two attached hydrogens (primary N) is 1. The molecule has 0 unspecified atom stereocenters. The minimum atomic E-state index is -1.48. The molecule has 0 heterocycles. The quantitative estimate of drug-likeness (QED) is 0.486. The van der Waals surface area contributed by atoms with Crippen molar-refractivity contribution in [2.45, 2.75) is 0 Å². The van der Waals surface area contributed by atoms with Gasteiger partial charge in [-0.15, -0.1) is 0 Å². The van der Waals surface area contributed by atoms with Crippen LogP contribution in [0.2, 0.25) is 0 Å². The number of hydrogen-bond acceptors (Lipinski definition) is 4. The van der Waals surface area contributed by atoms with Crippen molar-refractivity contribution in [2.75, 3.05) is 12.8 Å². The standard InChI is InChI=1S/C8H8FNO4/c1-14-4-2-3(8(12)13)5(9)6(10)7(4)11/h2,11H,10H2,1H3,(H,12,13). The lowest BCUT2D eigenvalue weighted by molar-refractivity contribution is 0.0691. The van der Waals surface area contributed by atoms with Crippen LogP contribution in [0.1, 0.15) is 10.4 Å². The maximum atomic E-state index is 13.1. The number of rotatable bonds is 2. The van der Waals surface area contributed by atoms with Crippen LogP contribution < -0.4 is 10.5 Å². The maximum Gasteiger partial charge on any atom is 0.338 e. The lowest BCUT2D eigenvalue weighted by Gasteiger charge is -2.08. The number of phenolic OH excluding ortho intramolecular Hbond substituents is 1. The van der Waals surface area contributed by atoms with Crippen molar-refractivity contribution in [1.29, 1.82) is 0 Å². The number of hydrogen-bond donors (Lipinski definition) is 3. The molecule has 0 aliphatic heterocycles. The van der Waals surface area contributed by atoms with E-state index in [9.17, 15) is 14.3 Å². The van der Waals surface area contributed by atoms with Crippen LogP contribution in [0.3, 0.4) is 0 Å². The molecule has 0 spiro atoms. The highest BCUT2D eigenvalue weighted by Gasteiger charge is 2.20. The molecule has 0 fully saturated rings. The fraction of sp³-hybridized carbons (Fsp3) is 0.125. The van der Waals surface area contributed by atoms with Gasteiger partial charge in [0, 0.05) is 6.07 Å². The van der Waals surface area contributed by atoms with Gasteiger partial charge in [-0.1, -0.05) is 0 Å². The van der Waals surface area contributed by atoms with Gasteiger partial charge in [0.1, 0.15) is 11.3 Å². The van der Waals surface area contributed by atoms with E-state index in [0.29, 0.717) is 0 Å². The Hall–Kier alpha value is -1.98. The second-order valence-corrected chi connectivity index (χ2v) is 2.51. The van der Waals surface area contributed by atoms with Gasteiger partial charge in [-0.25, -0.2) is 9.18 Å². The number of carboxylic acid groups (broad SMARTS) is 1. The van der Waals surface area contributed by atoms with Crippen molar-refractivity contribution >= 4 is 11.7 Å². The first-order chi connectivity index (χ1) is 6.49. The summed E-state index contributed by atoms with van der Waals surface area (Å²) in [5.74, 6) is -3.43. The summed E-state index contributed by atoms with van der Waals surface area (Å²) in [6, 6.07) is 0.864. The smallest absolute Gasteiger partial charge is 0.338 e. The highest BCUT2D eigenvalue weighted by atomic mass is 19.1. The number of benzene rings is 1. The van der Waals surface area contributed by atoms with Crippen LogP contribution in [0.4, 0.5) is 10.1 Å². The van der Waals surface area contributed by atoms with Gasteiger partial charge in [0.15, 0.2) is 17.3 Å². The maximum absolute atomic E-state index is 13.1. The summed E-state index contributed by atoms with van der Waals surface area (Å²) in [4.78, 5) is 10.5. The third kappa shape index (κ3) is 1.41. The van der Waals surface area contributed by atoms with Crippen molar-refractivity contribution < 1.29 is 24.1 Å². The fourth-order valence-corrected chi connectivity index (χ4v) is 0.956. The van der Waals surface area contributed by atoms with E-state index in [2.05, 4.69) is 4.74 Å². The zero-order valence-electron chi connectivity index (χ0n) is 7.24. The van der Waals surface area contributed by atoms with E-state index in [0.717, 1.165) is 6.07 Å². The summed E-state index contributed by atoms with van der Waals surface area (Å²) in [5, 5.41) is 17.8. The molecule has 0 radical (unpaired) electrons. The number of halogens is 1. The van der Waals surface area contributed by atoms with Crippen LogP contribution in [-0.4, -0.2) is 23.3 Å². The van der Waals surface area contributed by atoms with Gasteiger partial charge in [-0.3, -0.25) is 0 Å². The summed E-state index contributed by atoms with van der Waals surface area (Å²) in [6.45, 7) is 0. The number of carbonyl (C=O) groups is 1. The number of nitrogen functional groups attached to an aromatic ring is 1. The molecule has 1 aromatic carbocycles. The van der Waals surface area contributed by atoms with Crippen LogP contribution in [0.5, 0.6) is 11.5 Å². The summed E-state index contributed by atoms with van der Waals surface area (Å²) < 4.78 is 17.7. The van der Waals surface area contributed by atoms with E-state index >= 15 is 0 Å². The van der Waals surface area contributed by atoms with E-state index in [-0.39, 0.29) is 5.75 Å². The van der Waals surface area contributed by atoms with Crippen LogP contribution in [0.25, 0.3) is 0 Å². The van der Waals surface area contributed by atoms with Gasteiger partial charge in [0.05, 0.1) is 7.11 Å². The highest BCUT2D eigenvalue weighted by Crippen LogP contribution is 2.35. The number of carboxylic acids is 1. The van der Waals surface area contributed by atoms with Crippen molar-refractivity contribution in [3.8, 4) is 11.5 Å². The zero-order chi connectivity index (χ0) is 10.9. The number of ether oxygens (including phenoxy) is 1. The molecule has 1 rings (SSSR count). The van der Waals surface area contributed by atoms with Crippen LogP contribution in [0, 0.1) is 5.82 Å². The molecule has 0 aromatic heterocycles. The summed E-state index contributed by atoms with van der Waals surface area (Å²) in [7, 11) is 1.21. The summed E-state index contributed by atoms with van der Waals surface area (Å²) in [6.07, 6.45) is 0. The van der Waals surface area contributed by atoms with Crippen molar-refractivity contribution in [2.24, 2.45) is 0 Å². The summed E-state index contributed by atoms with van der Waals surface area (Å²) in [5.41, 5.74) is 3.85. The molecule has 0 amide bonds. The Bertz CT molecular complexity index is 391. The normalized spacial score (nSPS) is 9.86. The van der Waals surface area contributed by atoms with Crippen molar-refractivity contribution in [3.63, 3.8) is 0 Å². The van der Waals surface area contributed by atoms with Gasteiger partial charge >= 0.3 is 5.97 Å². The average molecular weight is 201 g/mol. The first-order valence-electron chi connectivity index (χ1n) is 3.57. The number of phenols is 1. The SMILES string of the molecule is COc1cc(C(=O)O)c(F)c(N)c1O. The fourth-order valence-electron chi connectivity index (χ4n) is 0.956. The van der Waals surface area contributed by atoms with Crippen molar-refractivity contribution in [3.05, 3.63) is 17.4 Å². The lowest BCUT2D eigenvalue weighted by atomic mass is 10.1. The van der Waals surface area contributed by atoms with E-state index in [1.54, 1.807) is 0 Å². The second-order valence-electron chi connectivity index (χ2n) is 2.51. The molecule has 4 N–H and O–H groups in total.